The number of hydrogen-bond acceptors (Lipinski definition) is 4. The highest BCUT2D eigenvalue weighted by Crippen LogP contribution is 2.28. The Labute approximate surface area is 89.2 Å². The van der Waals surface area contributed by atoms with Gasteiger partial charge in [-0.1, -0.05) is 0 Å². The summed E-state index contributed by atoms with van der Waals surface area (Å²) in [7, 11) is 0. The lowest BCUT2D eigenvalue weighted by molar-refractivity contribution is -0.141. The van der Waals surface area contributed by atoms with Crippen LogP contribution < -0.4 is 5.73 Å². The topological polar surface area (TPSA) is 65.2 Å². The molecule has 1 aromatic rings. The first-order chi connectivity index (χ1) is 7.36. The van der Waals surface area contributed by atoms with Gasteiger partial charge in [0, 0.05) is 0 Å². The highest BCUT2D eigenvalue weighted by Gasteiger charge is 2.33. The summed E-state index contributed by atoms with van der Waals surface area (Å²) in [6, 6.07) is 1.68. The fourth-order valence-corrected chi connectivity index (χ4v) is 0.991. The molecule has 88 valence electrons. The molecule has 0 radical (unpaired) electrons. The maximum atomic E-state index is 12.3. The Morgan fingerprint density at radius 1 is 1.50 bits per heavy atom. The maximum absolute atomic E-state index is 12.3. The number of carbonyl (C=O) groups excluding carboxylic acids is 1. The van der Waals surface area contributed by atoms with Crippen LogP contribution in [0.15, 0.2) is 12.1 Å². The van der Waals surface area contributed by atoms with Gasteiger partial charge in [-0.3, -0.25) is 0 Å². The average molecular weight is 234 g/mol. The lowest BCUT2D eigenvalue weighted by atomic mass is 10.2. The van der Waals surface area contributed by atoms with Crippen LogP contribution in [0.3, 0.4) is 0 Å². The van der Waals surface area contributed by atoms with E-state index in [-0.39, 0.29) is 12.3 Å². The third-order valence-electron chi connectivity index (χ3n) is 1.69. The molecule has 1 aromatic heterocycles. The van der Waals surface area contributed by atoms with Gasteiger partial charge in [-0.25, -0.2) is 9.78 Å². The van der Waals surface area contributed by atoms with Crippen molar-refractivity contribution in [3.05, 3.63) is 23.5 Å². The summed E-state index contributed by atoms with van der Waals surface area (Å²) in [5, 5.41) is 0. The Morgan fingerprint density at radius 2 is 2.12 bits per heavy atom. The summed E-state index contributed by atoms with van der Waals surface area (Å²) in [6.45, 7) is 1.57. The van der Waals surface area contributed by atoms with E-state index < -0.39 is 23.5 Å². The third kappa shape index (κ3) is 2.62. The van der Waals surface area contributed by atoms with Crippen molar-refractivity contribution in [3.63, 3.8) is 0 Å². The molecule has 0 atom stereocenters. The Morgan fingerprint density at radius 3 is 2.62 bits per heavy atom. The molecule has 0 aliphatic rings. The largest absolute Gasteiger partial charge is 0.461 e. The van der Waals surface area contributed by atoms with E-state index in [0.717, 1.165) is 6.07 Å². The zero-order valence-electron chi connectivity index (χ0n) is 8.34. The second-order valence-electron chi connectivity index (χ2n) is 2.85. The molecule has 0 saturated carbocycles. The van der Waals surface area contributed by atoms with Crippen molar-refractivity contribution in [2.45, 2.75) is 13.1 Å². The number of halogens is 3. The first-order valence-electron chi connectivity index (χ1n) is 4.37. The number of alkyl halides is 3. The Bertz CT molecular complexity index is 404. The van der Waals surface area contributed by atoms with E-state index in [9.17, 15) is 18.0 Å². The van der Waals surface area contributed by atoms with Crippen molar-refractivity contribution >= 4 is 11.7 Å². The molecule has 7 heteroatoms. The van der Waals surface area contributed by atoms with Gasteiger partial charge in [0.05, 0.1) is 12.3 Å². The quantitative estimate of drug-likeness (QED) is 0.793. The van der Waals surface area contributed by atoms with E-state index in [0.29, 0.717) is 6.07 Å². The van der Waals surface area contributed by atoms with E-state index in [4.69, 9.17) is 5.73 Å². The van der Waals surface area contributed by atoms with E-state index in [1.807, 2.05) is 0 Å². The van der Waals surface area contributed by atoms with Gasteiger partial charge < -0.3 is 10.5 Å². The van der Waals surface area contributed by atoms with E-state index >= 15 is 0 Å². The van der Waals surface area contributed by atoms with E-state index in [2.05, 4.69) is 9.72 Å². The highest BCUT2D eigenvalue weighted by atomic mass is 19.4. The minimum atomic E-state index is -4.62. The molecule has 0 amide bonds. The minimum Gasteiger partial charge on any atom is -0.461 e. The second kappa shape index (κ2) is 4.38. The van der Waals surface area contributed by atoms with Crippen LogP contribution in [0, 0.1) is 0 Å². The minimum absolute atomic E-state index is 0.0379. The van der Waals surface area contributed by atoms with Crippen LogP contribution >= 0.6 is 0 Å². The predicted octanol–water partition coefficient (Wildman–Crippen LogP) is 1.86. The summed E-state index contributed by atoms with van der Waals surface area (Å²) in [5.74, 6) is -0.967. The molecule has 4 nitrogen and oxygen atoms in total. The number of carbonyl (C=O) groups is 1. The number of hydrogen-bond donors (Lipinski definition) is 1. The van der Waals surface area contributed by atoms with Crippen molar-refractivity contribution in [1.29, 1.82) is 0 Å². The van der Waals surface area contributed by atoms with Crippen LogP contribution in [0.5, 0.6) is 0 Å². The number of aromatic nitrogens is 1. The molecule has 0 bridgehead atoms. The van der Waals surface area contributed by atoms with Crippen LogP contribution in [0.4, 0.5) is 18.9 Å². The maximum Gasteiger partial charge on any atom is 0.433 e. The molecular formula is C9H9F3N2O2. The number of anilines is 1. The van der Waals surface area contributed by atoms with Crippen LogP contribution in [-0.2, 0) is 10.9 Å². The number of pyridine rings is 1. The smallest absolute Gasteiger partial charge is 0.433 e. The second-order valence-corrected chi connectivity index (χ2v) is 2.85. The lowest BCUT2D eigenvalue weighted by Gasteiger charge is -2.09. The van der Waals surface area contributed by atoms with Crippen molar-refractivity contribution in [3.8, 4) is 0 Å². The fraction of sp³-hybridized carbons (Fsp3) is 0.333. The third-order valence-corrected chi connectivity index (χ3v) is 1.69. The van der Waals surface area contributed by atoms with Gasteiger partial charge in [0.2, 0.25) is 0 Å². The zero-order valence-corrected chi connectivity index (χ0v) is 8.34. The predicted molar refractivity (Wildman–Crippen MR) is 49.6 cm³/mol. The molecule has 0 fully saturated rings. The summed E-state index contributed by atoms with van der Waals surface area (Å²) in [6.07, 6.45) is -4.62. The number of nitrogen functional groups attached to an aromatic ring is 1. The molecule has 0 aliphatic carbocycles. The normalized spacial score (nSPS) is 11.2. The molecule has 1 rings (SSSR count). The molecular weight excluding hydrogens is 225 g/mol. The monoisotopic (exact) mass is 234 g/mol. The summed E-state index contributed by atoms with van der Waals surface area (Å²) < 4.78 is 41.4. The van der Waals surface area contributed by atoms with Crippen molar-refractivity contribution in [1.82, 2.24) is 4.98 Å². The number of nitrogens with two attached hydrogens (primary N) is 1. The standard InChI is InChI=1S/C9H9F3N2O2/c1-2-16-8(15)7-5(13)3-4-6(14-7)9(10,11)12/h3-4H,2,13H2,1H3. The van der Waals surface area contributed by atoms with Crippen LogP contribution in [0.1, 0.15) is 23.1 Å². The molecule has 0 spiro atoms. The molecule has 2 N–H and O–H groups in total. The van der Waals surface area contributed by atoms with Crippen molar-refractivity contribution < 1.29 is 22.7 Å². The van der Waals surface area contributed by atoms with Crippen molar-refractivity contribution in [2.24, 2.45) is 0 Å². The molecule has 0 saturated heterocycles. The molecule has 16 heavy (non-hydrogen) atoms. The first kappa shape index (κ1) is 12.3. The number of esters is 1. The summed E-state index contributed by atoms with van der Waals surface area (Å²) >= 11 is 0. The Hall–Kier alpha value is -1.79. The summed E-state index contributed by atoms with van der Waals surface area (Å²) in [4.78, 5) is 14.4. The van der Waals surface area contributed by atoms with Crippen LogP contribution in [-0.4, -0.2) is 17.6 Å². The van der Waals surface area contributed by atoms with Gasteiger partial charge in [-0.05, 0) is 19.1 Å². The Kier molecular flexibility index (Phi) is 3.36. The number of ether oxygens (including phenoxy) is 1. The molecule has 0 unspecified atom stereocenters. The van der Waals surface area contributed by atoms with Gasteiger partial charge in [0.25, 0.3) is 0 Å². The molecule has 0 aliphatic heterocycles. The van der Waals surface area contributed by atoms with Crippen LogP contribution in [0.2, 0.25) is 0 Å². The highest BCUT2D eigenvalue weighted by molar-refractivity contribution is 5.92. The molecule has 1 heterocycles. The lowest BCUT2D eigenvalue weighted by Crippen LogP contribution is -2.15. The van der Waals surface area contributed by atoms with Gasteiger partial charge in [0.1, 0.15) is 5.69 Å². The van der Waals surface area contributed by atoms with Crippen LogP contribution in [0.25, 0.3) is 0 Å². The molecule has 0 aromatic carbocycles. The number of nitrogens with zero attached hydrogens (tertiary/aromatic N) is 1. The Balaban J connectivity index is 3.14. The zero-order chi connectivity index (χ0) is 12.3. The first-order valence-corrected chi connectivity index (χ1v) is 4.37. The van der Waals surface area contributed by atoms with Gasteiger partial charge in [0.15, 0.2) is 5.69 Å². The van der Waals surface area contributed by atoms with Gasteiger partial charge in [-0.2, -0.15) is 13.2 Å². The van der Waals surface area contributed by atoms with E-state index in [1.165, 1.54) is 6.92 Å². The van der Waals surface area contributed by atoms with Crippen molar-refractivity contribution in [2.75, 3.05) is 12.3 Å². The average Bonchev–Trinajstić information content (AvgIpc) is 2.16. The van der Waals surface area contributed by atoms with E-state index in [1.54, 1.807) is 0 Å². The summed E-state index contributed by atoms with van der Waals surface area (Å²) in [5.41, 5.74) is 3.49. The fourth-order valence-electron chi connectivity index (χ4n) is 0.991. The van der Waals surface area contributed by atoms with Gasteiger partial charge in [-0.15, -0.1) is 0 Å². The SMILES string of the molecule is CCOC(=O)c1nc(C(F)(F)F)ccc1N. The number of rotatable bonds is 2. The van der Waals surface area contributed by atoms with Gasteiger partial charge >= 0.3 is 12.1 Å².